The maximum Gasteiger partial charge on any atom is 0.312 e. The lowest BCUT2D eigenvalue weighted by molar-refractivity contribution is -0.168. The van der Waals surface area contributed by atoms with E-state index in [9.17, 15) is 18.3 Å². The average Bonchev–Trinajstić information content (AvgIpc) is 2.57. The smallest absolute Gasteiger partial charge is 0.312 e. The van der Waals surface area contributed by atoms with Gasteiger partial charge in [0, 0.05) is 6.26 Å². The van der Waals surface area contributed by atoms with Gasteiger partial charge in [0.2, 0.25) is 0 Å². The highest BCUT2D eigenvalue weighted by Crippen LogP contribution is 2.40. The number of esters is 1. The number of aliphatic hydroxyl groups is 1. The van der Waals surface area contributed by atoms with E-state index < -0.39 is 38.2 Å². The minimum absolute atomic E-state index is 0.311. The molecule has 0 aromatic rings. The Morgan fingerprint density at radius 3 is 2.37 bits per heavy atom. The number of carbonyl (C=O) groups excluding carboxylic acids is 1. The van der Waals surface area contributed by atoms with Gasteiger partial charge in [-0.3, -0.25) is 4.79 Å². The van der Waals surface area contributed by atoms with Crippen molar-refractivity contribution in [1.82, 2.24) is 0 Å². The fraction of sp³-hybridized carbons (Fsp3) is 0.923. The van der Waals surface area contributed by atoms with Crippen LogP contribution in [0, 0.1) is 5.92 Å². The molecule has 1 aliphatic carbocycles. The molecule has 3 atom stereocenters. The molecule has 5 nitrogen and oxygen atoms in total. The third-order valence-electron chi connectivity index (χ3n) is 3.63. The monoisotopic (exact) mass is 292 g/mol. The Bertz CT molecular complexity index is 448. The van der Waals surface area contributed by atoms with Crippen molar-refractivity contribution in [2.45, 2.75) is 63.4 Å². The molecule has 0 aromatic carbocycles. The summed E-state index contributed by atoms with van der Waals surface area (Å²) in [6.07, 6.45) is 2.41. The first-order valence-electron chi connectivity index (χ1n) is 6.52. The standard InChI is InChI=1S/C13H24O5S/c1-9(11(14)18-12(2,3)4)13(15)8-6-7-10(13)19(5,16)17/h9-10,15H,6-8H2,1-5H3. The van der Waals surface area contributed by atoms with Crippen molar-refractivity contribution in [3.63, 3.8) is 0 Å². The van der Waals surface area contributed by atoms with E-state index in [4.69, 9.17) is 4.74 Å². The number of ether oxygens (including phenoxy) is 1. The molecule has 0 aromatic heterocycles. The highest BCUT2D eigenvalue weighted by atomic mass is 32.2. The van der Waals surface area contributed by atoms with Gasteiger partial charge in [-0.25, -0.2) is 8.42 Å². The molecule has 112 valence electrons. The van der Waals surface area contributed by atoms with E-state index in [1.807, 2.05) is 0 Å². The maximum absolute atomic E-state index is 12.0. The van der Waals surface area contributed by atoms with Crippen molar-refractivity contribution in [2.75, 3.05) is 6.26 Å². The lowest BCUT2D eigenvalue weighted by Crippen LogP contribution is -2.51. The van der Waals surface area contributed by atoms with Gasteiger partial charge >= 0.3 is 5.97 Å². The van der Waals surface area contributed by atoms with Gasteiger partial charge in [0.1, 0.15) is 5.60 Å². The maximum atomic E-state index is 12.0. The molecule has 0 heterocycles. The third-order valence-corrected chi connectivity index (χ3v) is 5.31. The van der Waals surface area contributed by atoms with E-state index in [0.717, 1.165) is 6.26 Å². The molecule has 6 heteroatoms. The first-order valence-corrected chi connectivity index (χ1v) is 8.47. The van der Waals surface area contributed by atoms with Gasteiger partial charge in [-0.1, -0.05) is 0 Å². The Morgan fingerprint density at radius 2 is 1.95 bits per heavy atom. The van der Waals surface area contributed by atoms with Gasteiger partial charge in [-0.15, -0.1) is 0 Å². The second kappa shape index (κ2) is 5.05. The molecule has 0 aliphatic heterocycles. The Labute approximate surface area is 115 Å². The van der Waals surface area contributed by atoms with Crippen LogP contribution in [0.4, 0.5) is 0 Å². The quantitative estimate of drug-likeness (QED) is 0.793. The van der Waals surface area contributed by atoms with Gasteiger partial charge < -0.3 is 9.84 Å². The van der Waals surface area contributed by atoms with Crippen molar-refractivity contribution < 1.29 is 23.1 Å². The molecule has 0 spiro atoms. The SMILES string of the molecule is CC(C(=O)OC(C)(C)C)C1(O)CCCC1S(C)(=O)=O. The lowest BCUT2D eigenvalue weighted by atomic mass is 9.87. The minimum atomic E-state index is -3.39. The molecule has 0 bridgehead atoms. The molecule has 1 saturated carbocycles. The largest absolute Gasteiger partial charge is 0.460 e. The highest BCUT2D eigenvalue weighted by Gasteiger charge is 2.53. The van der Waals surface area contributed by atoms with Gasteiger partial charge in [-0.05, 0) is 47.0 Å². The summed E-state index contributed by atoms with van der Waals surface area (Å²) >= 11 is 0. The minimum Gasteiger partial charge on any atom is -0.460 e. The van der Waals surface area contributed by atoms with Gasteiger partial charge in [-0.2, -0.15) is 0 Å². The molecule has 1 fully saturated rings. The van der Waals surface area contributed by atoms with Crippen LogP contribution in [0.5, 0.6) is 0 Å². The zero-order valence-corrected chi connectivity index (χ0v) is 13.1. The summed E-state index contributed by atoms with van der Waals surface area (Å²) in [6.45, 7) is 6.76. The molecule has 1 N–H and O–H groups in total. The number of hydrogen-bond donors (Lipinski definition) is 1. The van der Waals surface area contributed by atoms with Crippen LogP contribution in [0.1, 0.15) is 47.0 Å². The summed E-state index contributed by atoms with van der Waals surface area (Å²) in [7, 11) is -3.39. The molecule has 0 radical (unpaired) electrons. The van der Waals surface area contributed by atoms with Crippen molar-refractivity contribution in [2.24, 2.45) is 5.92 Å². The predicted molar refractivity (Wildman–Crippen MR) is 72.4 cm³/mol. The number of hydrogen-bond acceptors (Lipinski definition) is 5. The molecule has 1 rings (SSSR count). The van der Waals surface area contributed by atoms with Crippen molar-refractivity contribution in [1.29, 1.82) is 0 Å². The van der Waals surface area contributed by atoms with Crippen LogP contribution in [-0.2, 0) is 19.4 Å². The summed E-state index contributed by atoms with van der Waals surface area (Å²) < 4.78 is 28.7. The summed E-state index contributed by atoms with van der Waals surface area (Å²) in [5, 5.41) is 9.76. The van der Waals surface area contributed by atoms with Crippen LogP contribution < -0.4 is 0 Å². The van der Waals surface area contributed by atoms with Crippen LogP contribution in [-0.4, -0.2) is 42.2 Å². The van der Waals surface area contributed by atoms with Crippen LogP contribution in [0.25, 0.3) is 0 Å². The van der Waals surface area contributed by atoms with E-state index >= 15 is 0 Å². The van der Waals surface area contributed by atoms with Crippen molar-refractivity contribution in [3.8, 4) is 0 Å². The first-order chi connectivity index (χ1) is 8.38. The fourth-order valence-electron chi connectivity index (χ4n) is 2.66. The average molecular weight is 292 g/mol. The molecule has 1 aliphatic rings. The predicted octanol–water partition coefficient (Wildman–Crippen LogP) is 1.29. The normalized spacial score (nSPS) is 30.1. The Balaban J connectivity index is 2.96. The van der Waals surface area contributed by atoms with E-state index in [1.54, 1.807) is 20.8 Å². The molecular formula is C13H24O5S. The Kier molecular flexibility index (Phi) is 4.37. The van der Waals surface area contributed by atoms with Crippen LogP contribution in [0.2, 0.25) is 0 Å². The van der Waals surface area contributed by atoms with Crippen molar-refractivity contribution in [3.05, 3.63) is 0 Å². The summed E-state index contributed by atoms with van der Waals surface area (Å²) in [6, 6.07) is 0. The number of sulfone groups is 1. The molecule has 0 saturated heterocycles. The second-order valence-electron chi connectivity index (χ2n) is 6.46. The number of carbonyl (C=O) groups is 1. The molecule has 0 amide bonds. The summed E-state index contributed by atoms with van der Waals surface area (Å²) in [5.74, 6) is -1.40. The van der Waals surface area contributed by atoms with E-state index in [-0.39, 0.29) is 0 Å². The zero-order chi connectivity index (χ0) is 15.1. The fourth-order valence-corrected chi connectivity index (χ4v) is 4.31. The van der Waals surface area contributed by atoms with E-state index in [1.165, 1.54) is 6.92 Å². The number of rotatable bonds is 3. The van der Waals surface area contributed by atoms with Crippen LogP contribution in [0.15, 0.2) is 0 Å². The van der Waals surface area contributed by atoms with E-state index in [0.29, 0.717) is 19.3 Å². The Morgan fingerprint density at radius 1 is 1.42 bits per heavy atom. The summed E-state index contributed by atoms with van der Waals surface area (Å²) in [4.78, 5) is 12.0. The molecule has 19 heavy (non-hydrogen) atoms. The third kappa shape index (κ3) is 3.69. The topological polar surface area (TPSA) is 80.7 Å². The van der Waals surface area contributed by atoms with Gasteiger partial charge in [0.05, 0.1) is 16.8 Å². The molecular weight excluding hydrogens is 268 g/mol. The Hall–Kier alpha value is -0.620. The first kappa shape index (κ1) is 16.4. The second-order valence-corrected chi connectivity index (χ2v) is 8.68. The molecule has 3 unspecified atom stereocenters. The van der Waals surface area contributed by atoms with Gasteiger partial charge in [0.25, 0.3) is 0 Å². The van der Waals surface area contributed by atoms with E-state index in [2.05, 4.69) is 0 Å². The summed E-state index contributed by atoms with van der Waals surface area (Å²) in [5.41, 5.74) is -2.17. The van der Waals surface area contributed by atoms with Gasteiger partial charge in [0.15, 0.2) is 9.84 Å². The zero-order valence-electron chi connectivity index (χ0n) is 12.3. The van der Waals surface area contributed by atoms with Crippen molar-refractivity contribution >= 4 is 15.8 Å². The lowest BCUT2D eigenvalue weighted by Gasteiger charge is -2.35. The van der Waals surface area contributed by atoms with Crippen LogP contribution in [0.3, 0.4) is 0 Å². The van der Waals surface area contributed by atoms with Crippen LogP contribution >= 0.6 is 0 Å². The highest BCUT2D eigenvalue weighted by molar-refractivity contribution is 7.91.